The zero-order chi connectivity index (χ0) is 18.1. The van der Waals surface area contributed by atoms with Crippen molar-refractivity contribution in [2.45, 2.75) is 56.8 Å². The van der Waals surface area contributed by atoms with Crippen LogP contribution >= 0.6 is 0 Å². The third kappa shape index (κ3) is 7.80. The summed E-state index contributed by atoms with van der Waals surface area (Å²) in [6.45, 7) is 2.21. The van der Waals surface area contributed by atoms with Gasteiger partial charge in [-0.3, -0.25) is 0 Å². The summed E-state index contributed by atoms with van der Waals surface area (Å²) >= 11 is 0. The Bertz CT molecular complexity index is 758. The maximum atomic E-state index is 11.0. The average molecular weight is 384 g/mol. The van der Waals surface area contributed by atoms with Crippen LogP contribution in [-0.2, 0) is 16.5 Å². The molecule has 0 bridgehead atoms. The molecule has 0 heterocycles. The topological polar surface area (TPSA) is 66.4 Å². The van der Waals surface area contributed by atoms with Gasteiger partial charge < -0.3 is 9.29 Å². The fraction of sp³-hybridized carbons (Fsp3) is 0.400. The first-order valence-corrected chi connectivity index (χ1v) is 10.2. The molecule has 0 aliphatic heterocycles. The predicted octanol–water partition coefficient (Wildman–Crippen LogP) is 2.29. The first-order valence-electron chi connectivity index (χ1n) is 8.82. The van der Waals surface area contributed by atoms with Crippen molar-refractivity contribution in [3.63, 3.8) is 0 Å². The summed E-state index contributed by atoms with van der Waals surface area (Å²) in [6.07, 6.45) is 8.40. The summed E-state index contributed by atoms with van der Waals surface area (Å²) < 4.78 is 38.8. The minimum absolute atomic E-state index is 0. The number of benzene rings is 2. The first-order chi connectivity index (χ1) is 12.0. The van der Waals surface area contributed by atoms with E-state index in [1.807, 2.05) is 18.2 Å². The Hall–Kier alpha value is -0.850. The minimum Gasteiger partial charge on any atom is -0.744 e. The molecule has 0 aliphatic rings. The summed E-state index contributed by atoms with van der Waals surface area (Å²) in [4.78, 5) is -0.250. The Morgan fingerprint density at radius 1 is 0.885 bits per heavy atom. The normalized spacial score (nSPS) is 11.0. The summed E-state index contributed by atoms with van der Waals surface area (Å²) in [5.41, 5.74) is 1.14. The molecule has 2 rings (SSSR count). The number of para-hydroxylation sites is 1. The van der Waals surface area contributed by atoms with Crippen molar-refractivity contribution in [2.75, 3.05) is 0 Å². The molecule has 0 amide bonds. The van der Waals surface area contributed by atoms with Crippen LogP contribution in [0.2, 0.25) is 0 Å². The van der Waals surface area contributed by atoms with Crippen molar-refractivity contribution in [1.29, 1.82) is 0 Å². The van der Waals surface area contributed by atoms with Gasteiger partial charge in [-0.15, -0.1) is 0 Å². The van der Waals surface area contributed by atoms with Crippen LogP contribution in [0.5, 0.6) is 11.5 Å². The van der Waals surface area contributed by atoms with Crippen LogP contribution in [0.4, 0.5) is 0 Å². The van der Waals surface area contributed by atoms with Crippen molar-refractivity contribution in [2.24, 2.45) is 0 Å². The maximum Gasteiger partial charge on any atom is 1.00 e. The quantitative estimate of drug-likeness (QED) is 0.358. The first kappa shape index (κ1) is 23.2. The van der Waals surface area contributed by atoms with Crippen LogP contribution in [0.15, 0.2) is 53.4 Å². The fourth-order valence-electron chi connectivity index (χ4n) is 2.71. The molecule has 0 saturated carbocycles. The minimum atomic E-state index is -4.43. The van der Waals surface area contributed by atoms with Gasteiger partial charge in [0, 0.05) is 0 Å². The molecular weight excluding hydrogens is 359 g/mol. The number of aryl methyl sites for hydroxylation is 1. The van der Waals surface area contributed by atoms with Gasteiger partial charge in [0.2, 0.25) is 0 Å². The van der Waals surface area contributed by atoms with E-state index in [0.29, 0.717) is 5.75 Å². The van der Waals surface area contributed by atoms with Crippen LogP contribution in [0, 0.1) is 0 Å². The van der Waals surface area contributed by atoms with Gasteiger partial charge in [-0.05, 0) is 48.7 Å². The smallest absolute Gasteiger partial charge is 0.744 e. The molecule has 136 valence electrons. The van der Waals surface area contributed by atoms with E-state index in [0.717, 1.165) is 24.2 Å². The molecule has 0 radical (unpaired) electrons. The molecule has 0 N–H and O–H groups in total. The number of ether oxygens (including phenoxy) is 1. The van der Waals surface area contributed by atoms with E-state index in [2.05, 4.69) is 13.0 Å². The Balaban J connectivity index is 0.00000338. The van der Waals surface area contributed by atoms with Crippen molar-refractivity contribution in [3.05, 3.63) is 54.1 Å². The van der Waals surface area contributed by atoms with Crippen LogP contribution in [0.3, 0.4) is 0 Å². The molecule has 0 spiro atoms. The zero-order valence-electron chi connectivity index (χ0n) is 15.6. The SMILES string of the molecule is CCCCCCCCc1ccccc1Oc1ccc(S(=O)(=O)[O-])cc1.[Na+]. The number of hydrogen-bond acceptors (Lipinski definition) is 4. The van der Waals surface area contributed by atoms with Gasteiger partial charge in [0.25, 0.3) is 0 Å². The van der Waals surface area contributed by atoms with Gasteiger partial charge in [-0.2, -0.15) is 0 Å². The van der Waals surface area contributed by atoms with Crippen LogP contribution in [-0.4, -0.2) is 13.0 Å². The molecule has 0 aromatic heterocycles. The second-order valence-electron chi connectivity index (χ2n) is 6.15. The Morgan fingerprint density at radius 3 is 2.15 bits per heavy atom. The van der Waals surface area contributed by atoms with Gasteiger partial charge in [-0.1, -0.05) is 57.2 Å². The Morgan fingerprint density at radius 2 is 1.50 bits per heavy atom. The molecule has 6 heteroatoms. The molecule has 0 atom stereocenters. The molecule has 2 aromatic carbocycles. The Kier molecular flexibility index (Phi) is 10.5. The summed E-state index contributed by atoms with van der Waals surface area (Å²) in [7, 11) is -4.43. The van der Waals surface area contributed by atoms with E-state index < -0.39 is 10.1 Å². The van der Waals surface area contributed by atoms with Crippen LogP contribution in [0.25, 0.3) is 0 Å². The number of unbranched alkanes of at least 4 members (excludes halogenated alkanes) is 5. The molecule has 26 heavy (non-hydrogen) atoms. The van der Waals surface area contributed by atoms with E-state index >= 15 is 0 Å². The van der Waals surface area contributed by atoms with Gasteiger partial charge in [0.15, 0.2) is 0 Å². The second kappa shape index (κ2) is 11.8. The number of rotatable bonds is 10. The van der Waals surface area contributed by atoms with E-state index in [1.54, 1.807) is 0 Å². The van der Waals surface area contributed by atoms with E-state index in [9.17, 15) is 13.0 Å². The number of hydrogen-bond donors (Lipinski definition) is 0. The largest absolute Gasteiger partial charge is 1.00 e. The third-order valence-corrected chi connectivity index (χ3v) is 4.96. The van der Waals surface area contributed by atoms with Gasteiger partial charge in [0.05, 0.1) is 4.90 Å². The Labute approximate surface area is 179 Å². The standard InChI is InChI=1S/C20H26O4S.Na/c1-2-3-4-5-6-7-10-17-11-8-9-12-20(17)24-18-13-15-19(16-14-18)25(21,22)23;/h8-9,11-16H,2-7,10H2,1H3,(H,21,22,23);/q;+1/p-1. The maximum absolute atomic E-state index is 11.0. The molecule has 0 unspecified atom stereocenters. The van der Waals surface area contributed by atoms with Crippen molar-refractivity contribution in [3.8, 4) is 11.5 Å². The summed E-state index contributed by atoms with van der Waals surface area (Å²) in [5.74, 6) is 1.29. The molecule has 0 aliphatic carbocycles. The second-order valence-corrected chi connectivity index (χ2v) is 7.53. The van der Waals surface area contributed by atoms with Crippen LogP contribution in [0.1, 0.15) is 51.0 Å². The fourth-order valence-corrected chi connectivity index (χ4v) is 3.18. The van der Waals surface area contributed by atoms with E-state index in [1.165, 1.54) is 56.4 Å². The van der Waals surface area contributed by atoms with E-state index in [4.69, 9.17) is 4.74 Å². The van der Waals surface area contributed by atoms with Gasteiger partial charge in [-0.25, -0.2) is 8.42 Å². The third-order valence-electron chi connectivity index (χ3n) is 4.11. The predicted molar refractivity (Wildman–Crippen MR) is 98.0 cm³/mol. The zero-order valence-corrected chi connectivity index (χ0v) is 18.4. The van der Waals surface area contributed by atoms with Gasteiger partial charge >= 0.3 is 29.6 Å². The molecule has 0 saturated heterocycles. The average Bonchev–Trinajstić information content (AvgIpc) is 2.59. The van der Waals surface area contributed by atoms with Crippen molar-refractivity contribution >= 4 is 10.1 Å². The van der Waals surface area contributed by atoms with Gasteiger partial charge in [0.1, 0.15) is 21.6 Å². The summed E-state index contributed by atoms with van der Waals surface area (Å²) in [6, 6.07) is 13.4. The molecule has 2 aromatic rings. The molecule has 0 fully saturated rings. The van der Waals surface area contributed by atoms with E-state index in [-0.39, 0.29) is 34.5 Å². The molecule has 4 nitrogen and oxygen atoms in total. The van der Waals surface area contributed by atoms with Crippen molar-refractivity contribution in [1.82, 2.24) is 0 Å². The van der Waals surface area contributed by atoms with Crippen LogP contribution < -0.4 is 34.3 Å². The monoisotopic (exact) mass is 384 g/mol. The van der Waals surface area contributed by atoms with Crippen molar-refractivity contribution < 1.29 is 47.3 Å². The summed E-state index contributed by atoms with van der Waals surface area (Å²) in [5, 5.41) is 0. The molecular formula is C20H25NaO4S.